The molecule has 2 fully saturated rings. The average molecular weight is 480 g/mol. The molecule has 1 N–H and O–H groups in total. The molecule has 2 amide bonds. The molecule has 172 valence electrons. The lowest BCUT2D eigenvalue weighted by atomic mass is 10.1. The summed E-state index contributed by atoms with van der Waals surface area (Å²) in [6.07, 6.45) is 0.754. The zero-order valence-corrected chi connectivity index (χ0v) is 19.2. The molecular weight excluding hydrogens is 454 g/mol. The zero-order chi connectivity index (χ0) is 22.9. The topological polar surface area (TPSA) is 98.2 Å². The number of fused-ring (bicyclic) bond motifs is 1. The molecule has 8 nitrogen and oxygen atoms in total. The van der Waals surface area contributed by atoms with Gasteiger partial charge in [0.2, 0.25) is 5.91 Å². The quantitative estimate of drug-likeness (QED) is 0.701. The maximum atomic E-state index is 12.8. The van der Waals surface area contributed by atoms with Crippen molar-refractivity contribution < 1.29 is 23.1 Å². The summed E-state index contributed by atoms with van der Waals surface area (Å²) in [5.74, 6) is -1.19. The van der Waals surface area contributed by atoms with Crippen molar-refractivity contribution in [2.75, 3.05) is 38.5 Å². The Kier molecular flexibility index (Phi) is 6.71. The fourth-order valence-electron chi connectivity index (χ4n) is 4.22. The van der Waals surface area contributed by atoms with Crippen LogP contribution in [-0.2, 0) is 19.4 Å². The lowest BCUT2D eigenvalue weighted by Crippen LogP contribution is -2.58. The fraction of sp³-hybridized carbons (Fsp3) is 0.455. The molecule has 10 heteroatoms. The van der Waals surface area contributed by atoms with E-state index in [1.165, 1.54) is 17.0 Å². The Morgan fingerprint density at radius 3 is 2.41 bits per heavy atom. The number of hydrogen-bond donors (Lipinski definition) is 1. The van der Waals surface area contributed by atoms with Gasteiger partial charge in [0.15, 0.2) is 9.84 Å². The summed E-state index contributed by atoms with van der Waals surface area (Å²) in [6, 6.07) is 9.78. The number of aliphatic hydroxyl groups is 1. The number of benzene rings is 2. The molecule has 2 aliphatic heterocycles. The summed E-state index contributed by atoms with van der Waals surface area (Å²) < 4.78 is 25.7. The number of carbonyl (C=O) groups excluding carboxylic acids is 2. The first-order chi connectivity index (χ1) is 15.2. The molecule has 2 aromatic rings. The minimum Gasteiger partial charge on any atom is -0.382 e. The molecule has 2 heterocycles. The van der Waals surface area contributed by atoms with Gasteiger partial charge < -0.3 is 10.0 Å². The van der Waals surface area contributed by atoms with E-state index in [-0.39, 0.29) is 10.8 Å². The summed E-state index contributed by atoms with van der Waals surface area (Å²) in [7, 11) is -3.87. The number of hydrogen-bond acceptors (Lipinski definition) is 6. The van der Waals surface area contributed by atoms with Crippen LogP contribution in [0.1, 0.15) is 19.3 Å². The van der Waals surface area contributed by atoms with Crippen LogP contribution in [0.4, 0.5) is 0 Å². The normalized spacial score (nSPS) is 19.4. The maximum absolute atomic E-state index is 12.8. The van der Waals surface area contributed by atoms with Crippen LogP contribution in [0.25, 0.3) is 10.8 Å². The van der Waals surface area contributed by atoms with Gasteiger partial charge in [0.05, 0.1) is 10.6 Å². The fourth-order valence-corrected chi connectivity index (χ4v) is 5.74. The molecule has 0 saturated carbocycles. The molecule has 4 rings (SSSR count). The summed E-state index contributed by atoms with van der Waals surface area (Å²) in [6.45, 7) is 2.30. The van der Waals surface area contributed by atoms with Crippen molar-refractivity contribution in [3.8, 4) is 0 Å². The number of nitrogens with zero attached hydrogens (tertiary/aromatic N) is 3. The number of rotatable bonds is 5. The Morgan fingerprint density at radius 2 is 1.69 bits per heavy atom. The molecule has 32 heavy (non-hydrogen) atoms. The van der Waals surface area contributed by atoms with Gasteiger partial charge in [-0.15, -0.1) is 0 Å². The summed E-state index contributed by atoms with van der Waals surface area (Å²) in [4.78, 5) is 26.3. The predicted molar refractivity (Wildman–Crippen MR) is 121 cm³/mol. The van der Waals surface area contributed by atoms with Crippen molar-refractivity contribution in [3.05, 3.63) is 41.4 Å². The third kappa shape index (κ3) is 4.91. The van der Waals surface area contributed by atoms with Gasteiger partial charge in [0, 0.05) is 44.2 Å². The van der Waals surface area contributed by atoms with Crippen LogP contribution in [0.2, 0.25) is 5.02 Å². The third-order valence-electron chi connectivity index (χ3n) is 6.00. The standard InChI is InChI=1S/C22H26ClN3O5S/c23-18-6-4-17-14-19(7-5-16(17)13-18)32(30,31)15-20(27)22(29)24-9-11-25(12-10-24)26-8-2-1-3-21(26)28/h4-7,13-14,20,27H,1-3,8-12,15H2. The van der Waals surface area contributed by atoms with E-state index in [1.54, 1.807) is 29.3 Å². The van der Waals surface area contributed by atoms with Crippen molar-refractivity contribution in [1.29, 1.82) is 0 Å². The van der Waals surface area contributed by atoms with Crippen LogP contribution in [0.15, 0.2) is 41.3 Å². The van der Waals surface area contributed by atoms with Gasteiger partial charge in [0.25, 0.3) is 5.91 Å². The highest BCUT2D eigenvalue weighted by Gasteiger charge is 2.33. The third-order valence-corrected chi connectivity index (χ3v) is 7.96. The molecule has 0 bridgehead atoms. The van der Waals surface area contributed by atoms with E-state index in [4.69, 9.17) is 11.6 Å². The number of piperazine rings is 1. The molecule has 0 aromatic heterocycles. The number of sulfone groups is 1. The Morgan fingerprint density at radius 1 is 1.00 bits per heavy atom. The second-order valence-electron chi connectivity index (χ2n) is 8.20. The van der Waals surface area contributed by atoms with E-state index >= 15 is 0 Å². The maximum Gasteiger partial charge on any atom is 0.252 e. The van der Waals surface area contributed by atoms with E-state index in [1.807, 2.05) is 5.01 Å². The Labute approximate surface area is 192 Å². The molecular formula is C22H26ClN3O5S. The van der Waals surface area contributed by atoms with Crippen LogP contribution < -0.4 is 0 Å². The van der Waals surface area contributed by atoms with Crippen LogP contribution in [0, 0.1) is 0 Å². The van der Waals surface area contributed by atoms with Crippen LogP contribution in [0.3, 0.4) is 0 Å². The second-order valence-corrected chi connectivity index (χ2v) is 10.7. The van der Waals surface area contributed by atoms with Gasteiger partial charge in [-0.05, 0) is 47.9 Å². The molecule has 2 aromatic carbocycles. The van der Waals surface area contributed by atoms with Crippen LogP contribution in [0.5, 0.6) is 0 Å². The average Bonchev–Trinajstić information content (AvgIpc) is 2.78. The van der Waals surface area contributed by atoms with Crippen molar-refractivity contribution in [2.24, 2.45) is 0 Å². The number of carbonyl (C=O) groups is 2. The van der Waals surface area contributed by atoms with Gasteiger partial charge in [-0.1, -0.05) is 23.7 Å². The SMILES string of the molecule is O=C(C(O)CS(=O)(=O)c1ccc2cc(Cl)ccc2c1)N1CCN(N2CCCCC2=O)CC1. The van der Waals surface area contributed by atoms with Gasteiger partial charge in [-0.25, -0.2) is 13.4 Å². The smallest absolute Gasteiger partial charge is 0.252 e. The molecule has 2 saturated heterocycles. The first kappa shape index (κ1) is 23.0. The number of piperidine rings is 1. The van der Waals surface area contributed by atoms with E-state index in [0.717, 1.165) is 18.2 Å². The molecule has 1 unspecified atom stereocenters. The Balaban J connectivity index is 1.38. The number of aliphatic hydroxyl groups excluding tert-OH is 1. The lowest BCUT2D eigenvalue weighted by molar-refractivity contribution is -0.159. The molecule has 2 aliphatic rings. The molecule has 0 aliphatic carbocycles. The van der Waals surface area contributed by atoms with Crippen molar-refractivity contribution in [1.82, 2.24) is 14.9 Å². The number of hydrazine groups is 1. The minimum atomic E-state index is -3.87. The Bertz CT molecular complexity index is 1130. The summed E-state index contributed by atoms with van der Waals surface area (Å²) >= 11 is 5.97. The lowest BCUT2D eigenvalue weighted by Gasteiger charge is -2.42. The monoisotopic (exact) mass is 479 g/mol. The van der Waals surface area contributed by atoms with Crippen LogP contribution in [-0.4, -0.2) is 84.8 Å². The van der Waals surface area contributed by atoms with Gasteiger partial charge in [-0.2, -0.15) is 0 Å². The van der Waals surface area contributed by atoms with E-state index in [0.29, 0.717) is 49.6 Å². The second kappa shape index (κ2) is 9.35. The van der Waals surface area contributed by atoms with Crippen molar-refractivity contribution in [2.45, 2.75) is 30.3 Å². The highest BCUT2D eigenvalue weighted by Crippen LogP contribution is 2.24. The molecule has 1 atom stereocenters. The zero-order valence-electron chi connectivity index (χ0n) is 17.6. The predicted octanol–water partition coefficient (Wildman–Crippen LogP) is 1.70. The van der Waals surface area contributed by atoms with Crippen LogP contribution >= 0.6 is 11.6 Å². The summed E-state index contributed by atoms with van der Waals surface area (Å²) in [5, 5.41) is 16.2. The highest BCUT2D eigenvalue weighted by molar-refractivity contribution is 7.91. The van der Waals surface area contributed by atoms with Gasteiger partial charge in [-0.3, -0.25) is 14.6 Å². The number of halogens is 1. The first-order valence-corrected chi connectivity index (χ1v) is 12.7. The highest BCUT2D eigenvalue weighted by atomic mass is 35.5. The van der Waals surface area contributed by atoms with Gasteiger partial charge in [0.1, 0.15) is 6.10 Å². The van der Waals surface area contributed by atoms with Crippen molar-refractivity contribution in [3.63, 3.8) is 0 Å². The van der Waals surface area contributed by atoms with E-state index in [2.05, 4.69) is 0 Å². The first-order valence-electron chi connectivity index (χ1n) is 10.7. The van der Waals surface area contributed by atoms with Crippen molar-refractivity contribution >= 4 is 44.0 Å². The van der Waals surface area contributed by atoms with E-state index < -0.39 is 27.6 Å². The van der Waals surface area contributed by atoms with E-state index in [9.17, 15) is 23.1 Å². The Hall–Kier alpha value is -2.20. The molecule has 0 radical (unpaired) electrons. The van der Waals surface area contributed by atoms with Gasteiger partial charge >= 0.3 is 0 Å². The number of amides is 2. The minimum absolute atomic E-state index is 0.0487. The largest absolute Gasteiger partial charge is 0.382 e. The summed E-state index contributed by atoms with van der Waals surface area (Å²) in [5.41, 5.74) is 0. The molecule has 0 spiro atoms.